The highest BCUT2D eigenvalue weighted by molar-refractivity contribution is 5.91. The van der Waals surface area contributed by atoms with Gasteiger partial charge in [-0.2, -0.15) is 0 Å². The fraction of sp³-hybridized carbons (Fsp3) is 0.286. The summed E-state index contributed by atoms with van der Waals surface area (Å²) >= 11 is 0. The van der Waals surface area contributed by atoms with E-state index in [9.17, 15) is 4.79 Å². The van der Waals surface area contributed by atoms with Crippen molar-refractivity contribution < 1.29 is 9.32 Å². The number of nitrogens with two attached hydrogens (primary N) is 1. The first-order valence-electron chi connectivity index (χ1n) is 6.38. The molecule has 0 bridgehead atoms. The molecule has 2 aromatic rings. The minimum absolute atomic E-state index is 0.193. The van der Waals surface area contributed by atoms with Gasteiger partial charge in [-0.1, -0.05) is 35.5 Å². The molecule has 6 nitrogen and oxygen atoms in total. The number of hydrogen-bond donors (Lipinski definition) is 2. The van der Waals surface area contributed by atoms with Crippen LogP contribution in [0.3, 0.4) is 0 Å². The maximum Gasteiger partial charge on any atom is 0.287 e. The molecule has 2 rings (SSSR count). The smallest absolute Gasteiger partial charge is 0.287 e. The number of benzene rings is 1. The van der Waals surface area contributed by atoms with Crippen LogP contribution in [0, 0.1) is 0 Å². The number of nitrogen functional groups attached to an aromatic ring is 1. The van der Waals surface area contributed by atoms with Gasteiger partial charge in [-0.25, -0.2) is 5.84 Å². The van der Waals surface area contributed by atoms with Crippen molar-refractivity contribution in [2.75, 3.05) is 13.6 Å². The predicted octanol–water partition coefficient (Wildman–Crippen LogP) is 0.953. The standard InChI is InChI=1S/C14H18N4O2/c1-18(8-7-11-5-3-2-4-6-11)10-12-9-13(17-20-12)14(19)16-15/h2-6,9H,7-8,10,15H2,1H3,(H,16,19). The van der Waals surface area contributed by atoms with Gasteiger partial charge in [0.15, 0.2) is 11.5 Å². The van der Waals surface area contributed by atoms with Crippen LogP contribution in [-0.2, 0) is 13.0 Å². The average Bonchev–Trinajstić information content (AvgIpc) is 2.94. The van der Waals surface area contributed by atoms with Crippen molar-refractivity contribution in [3.63, 3.8) is 0 Å². The SMILES string of the molecule is CN(CCc1ccccc1)Cc1cc(C(=O)NN)no1. The van der Waals surface area contributed by atoms with E-state index in [0.717, 1.165) is 13.0 Å². The molecule has 0 radical (unpaired) electrons. The number of carbonyl (C=O) groups is 1. The molecule has 0 aliphatic carbocycles. The Balaban J connectivity index is 1.83. The second-order valence-corrected chi connectivity index (χ2v) is 4.63. The van der Waals surface area contributed by atoms with E-state index in [0.29, 0.717) is 12.3 Å². The van der Waals surface area contributed by atoms with Gasteiger partial charge < -0.3 is 4.52 Å². The van der Waals surface area contributed by atoms with Gasteiger partial charge in [-0.3, -0.25) is 15.1 Å². The number of likely N-dealkylation sites (N-methyl/N-ethyl adjacent to an activating group) is 1. The third-order valence-electron chi connectivity index (χ3n) is 2.97. The molecule has 1 aromatic heterocycles. The van der Waals surface area contributed by atoms with Crippen molar-refractivity contribution in [2.24, 2.45) is 5.84 Å². The average molecular weight is 274 g/mol. The van der Waals surface area contributed by atoms with Crippen molar-refractivity contribution in [2.45, 2.75) is 13.0 Å². The van der Waals surface area contributed by atoms with Gasteiger partial charge in [-0.05, 0) is 19.0 Å². The zero-order valence-electron chi connectivity index (χ0n) is 11.4. The number of aromatic nitrogens is 1. The number of carbonyl (C=O) groups excluding carboxylic acids is 1. The lowest BCUT2D eigenvalue weighted by Gasteiger charge is -2.14. The summed E-state index contributed by atoms with van der Waals surface area (Å²) in [6.07, 6.45) is 0.960. The zero-order chi connectivity index (χ0) is 14.4. The van der Waals surface area contributed by atoms with Crippen LogP contribution in [0.4, 0.5) is 0 Å². The van der Waals surface area contributed by atoms with E-state index in [4.69, 9.17) is 10.4 Å². The highest BCUT2D eigenvalue weighted by atomic mass is 16.5. The summed E-state index contributed by atoms with van der Waals surface area (Å²) in [6, 6.07) is 11.9. The summed E-state index contributed by atoms with van der Waals surface area (Å²) in [5.74, 6) is 5.22. The molecule has 0 unspecified atom stereocenters. The second kappa shape index (κ2) is 6.83. The molecule has 20 heavy (non-hydrogen) atoms. The van der Waals surface area contributed by atoms with Crippen LogP contribution in [0.15, 0.2) is 40.9 Å². The molecule has 6 heteroatoms. The Bertz CT molecular complexity index is 553. The highest BCUT2D eigenvalue weighted by Crippen LogP contribution is 2.07. The molecule has 0 aliphatic rings. The maximum atomic E-state index is 11.3. The lowest BCUT2D eigenvalue weighted by Crippen LogP contribution is -2.30. The van der Waals surface area contributed by atoms with Gasteiger partial charge in [-0.15, -0.1) is 0 Å². The van der Waals surface area contributed by atoms with Gasteiger partial charge in [0, 0.05) is 12.6 Å². The fourth-order valence-corrected chi connectivity index (χ4v) is 1.88. The Morgan fingerprint density at radius 2 is 2.15 bits per heavy atom. The molecule has 1 heterocycles. The number of hydrazine groups is 1. The first-order chi connectivity index (χ1) is 9.69. The molecule has 1 aromatic carbocycles. The van der Waals surface area contributed by atoms with E-state index in [2.05, 4.69) is 22.2 Å². The van der Waals surface area contributed by atoms with Crippen molar-refractivity contribution in [3.8, 4) is 0 Å². The largest absolute Gasteiger partial charge is 0.359 e. The lowest BCUT2D eigenvalue weighted by molar-refractivity contribution is 0.0944. The number of amides is 1. The van der Waals surface area contributed by atoms with E-state index in [-0.39, 0.29) is 5.69 Å². The van der Waals surface area contributed by atoms with Crippen LogP contribution < -0.4 is 11.3 Å². The predicted molar refractivity (Wildman–Crippen MR) is 74.6 cm³/mol. The Morgan fingerprint density at radius 3 is 2.85 bits per heavy atom. The summed E-state index contributed by atoms with van der Waals surface area (Å²) in [4.78, 5) is 13.4. The van der Waals surface area contributed by atoms with Gasteiger partial charge in [0.2, 0.25) is 0 Å². The molecule has 0 fully saturated rings. The van der Waals surface area contributed by atoms with E-state index < -0.39 is 5.91 Å². The Hall–Kier alpha value is -2.18. The zero-order valence-corrected chi connectivity index (χ0v) is 11.4. The quantitative estimate of drug-likeness (QED) is 0.465. The molecule has 0 aliphatic heterocycles. The van der Waals surface area contributed by atoms with E-state index in [1.165, 1.54) is 5.56 Å². The van der Waals surface area contributed by atoms with E-state index in [1.54, 1.807) is 6.07 Å². The Morgan fingerprint density at radius 1 is 1.40 bits per heavy atom. The topological polar surface area (TPSA) is 84.4 Å². The van der Waals surface area contributed by atoms with Crippen LogP contribution in [0.2, 0.25) is 0 Å². The minimum Gasteiger partial charge on any atom is -0.359 e. The van der Waals surface area contributed by atoms with Crippen molar-refractivity contribution in [1.29, 1.82) is 0 Å². The van der Waals surface area contributed by atoms with Gasteiger partial charge in [0.05, 0.1) is 6.54 Å². The van der Waals surface area contributed by atoms with Gasteiger partial charge in [0.1, 0.15) is 0 Å². The molecule has 3 N–H and O–H groups in total. The van der Waals surface area contributed by atoms with Crippen LogP contribution >= 0.6 is 0 Å². The summed E-state index contributed by atoms with van der Waals surface area (Å²) in [7, 11) is 1.99. The first-order valence-corrected chi connectivity index (χ1v) is 6.38. The lowest BCUT2D eigenvalue weighted by atomic mass is 10.1. The first kappa shape index (κ1) is 14.2. The van der Waals surface area contributed by atoms with E-state index >= 15 is 0 Å². The van der Waals surface area contributed by atoms with Crippen molar-refractivity contribution in [1.82, 2.24) is 15.5 Å². The molecular weight excluding hydrogens is 256 g/mol. The fourth-order valence-electron chi connectivity index (χ4n) is 1.88. The van der Waals surface area contributed by atoms with Crippen molar-refractivity contribution >= 4 is 5.91 Å². The number of rotatable bonds is 6. The Labute approximate surface area is 117 Å². The van der Waals surface area contributed by atoms with Crippen LogP contribution in [0.5, 0.6) is 0 Å². The molecular formula is C14H18N4O2. The van der Waals surface area contributed by atoms with Crippen LogP contribution in [0.1, 0.15) is 21.8 Å². The number of hydrogen-bond acceptors (Lipinski definition) is 5. The number of nitrogens with zero attached hydrogens (tertiary/aromatic N) is 2. The van der Waals surface area contributed by atoms with Crippen LogP contribution in [0.25, 0.3) is 0 Å². The Kier molecular flexibility index (Phi) is 4.86. The summed E-state index contributed by atoms with van der Waals surface area (Å²) in [6.45, 7) is 1.49. The third kappa shape index (κ3) is 3.91. The monoisotopic (exact) mass is 274 g/mol. The van der Waals surface area contributed by atoms with Gasteiger partial charge in [0.25, 0.3) is 5.91 Å². The van der Waals surface area contributed by atoms with Crippen molar-refractivity contribution in [3.05, 3.63) is 53.4 Å². The molecule has 0 spiro atoms. The minimum atomic E-state index is -0.452. The summed E-state index contributed by atoms with van der Waals surface area (Å²) in [5.41, 5.74) is 3.50. The van der Waals surface area contributed by atoms with Gasteiger partial charge >= 0.3 is 0 Å². The van der Waals surface area contributed by atoms with E-state index in [1.807, 2.05) is 30.7 Å². The third-order valence-corrected chi connectivity index (χ3v) is 2.97. The second-order valence-electron chi connectivity index (χ2n) is 4.63. The number of nitrogens with one attached hydrogen (secondary N) is 1. The molecule has 1 amide bonds. The molecule has 106 valence electrons. The summed E-state index contributed by atoms with van der Waals surface area (Å²) in [5, 5.41) is 3.66. The molecule has 0 saturated carbocycles. The molecule has 0 atom stereocenters. The highest BCUT2D eigenvalue weighted by Gasteiger charge is 2.12. The van der Waals surface area contributed by atoms with Crippen LogP contribution in [-0.4, -0.2) is 29.6 Å². The maximum absolute atomic E-state index is 11.3. The normalized spacial score (nSPS) is 10.8. The molecule has 0 saturated heterocycles. The summed E-state index contributed by atoms with van der Waals surface area (Å²) < 4.78 is 5.10.